The number of benzene rings is 2. The van der Waals surface area contributed by atoms with Crippen LogP contribution in [-0.4, -0.2) is 36.8 Å². The van der Waals surface area contributed by atoms with Crippen molar-refractivity contribution in [3.05, 3.63) is 52.3 Å². The summed E-state index contributed by atoms with van der Waals surface area (Å²) in [5.41, 5.74) is -0.618. The van der Waals surface area contributed by atoms with Crippen LogP contribution in [0.1, 0.15) is 15.9 Å². The molecule has 0 saturated heterocycles. The predicted octanol–water partition coefficient (Wildman–Crippen LogP) is 3.41. The Morgan fingerprint density at radius 2 is 1.87 bits per heavy atom. The molecule has 1 aromatic heterocycles. The molecule has 0 bridgehead atoms. The molecular weight excluding hydrogens is 437 g/mol. The van der Waals surface area contributed by atoms with Gasteiger partial charge in [0.05, 0.1) is 22.9 Å². The van der Waals surface area contributed by atoms with Gasteiger partial charge in [0.2, 0.25) is 0 Å². The quantitative estimate of drug-likeness (QED) is 0.569. The van der Waals surface area contributed by atoms with Crippen LogP contribution >= 0.6 is 11.3 Å². The Balaban J connectivity index is 1.83. The first kappa shape index (κ1) is 20.9. The number of carbonyl (C=O) groups excluding carboxylic acids is 2. The predicted molar refractivity (Wildman–Crippen MR) is 104 cm³/mol. The van der Waals surface area contributed by atoms with Crippen molar-refractivity contribution in [2.75, 3.05) is 20.3 Å². The minimum Gasteiger partial charge on any atom is -0.486 e. The maximum atomic E-state index is 13.0. The number of nitrogens with zero attached hydrogens (tertiary/aromatic N) is 2. The molecule has 0 N–H and O–H groups in total. The molecule has 1 amide bonds. The number of amides is 1. The summed E-state index contributed by atoms with van der Waals surface area (Å²) in [7, 11) is 1.22. The summed E-state index contributed by atoms with van der Waals surface area (Å²) in [5.74, 6) is -0.456. The van der Waals surface area contributed by atoms with Gasteiger partial charge < -0.3 is 18.8 Å². The zero-order chi connectivity index (χ0) is 22.2. The van der Waals surface area contributed by atoms with Gasteiger partial charge in [0.1, 0.15) is 19.8 Å². The molecule has 0 fully saturated rings. The molecule has 1 aliphatic rings. The van der Waals surface area contributed by atoms with Gasteiger partial charge in [-0.2, -0.15) is 18.2 Å². The highest BCUT2D eigenvalue weighted by Crippen LogP contribution is 2.35. The Kier molecular flexibility index (Phi) is 5.44. The monoisotopic (exact) mass is 452 g/mol. The number of ether oxygens (including phenoxy) is 3. The number of fused-ring (bicyclic) bond motifs is 2. The second-order valence-corrected chi connectivity index (χ2v) is 7.52. The van der Waals surface area contributed by atoms with Crippen LogP contribution in [0.4, 0.5) is 13.2 Å². The van der Waals surface area contributed by atoms with Crippen molar-refractivity contribution in [2.45, 2.75) is 12.7 Å². The molecule has 4 rings (SSSR count). The van der Waals surface area contributed by atoms with E-state index in [-0.39, 0.29) is 16.9 Å². The highest BCUT2D eigenvalue weighted by Gasteiger charge is 2.31. The van der Waals surface area contributed by atoms with Crippen LogP contribution < -0.4 is 14.3 Å². The molecule has 0 radical (unpaired) electrons. The zero-order valence-corrected chi connectivity index (χ0v) is 16.9. The van der Waals surface area contributed by atoms with E-state index in [1.807, 2.05) is 0 Å². The number of methoxy groups -OCH3 is 1. The molecule has 0 unspecified atom stereocenters. The van der Waals surface area contributed by atoms with E-state index in [2.05, 4.69) is 4.99 Å². The standard InChI is InChI=1S/C20H15F3N2O5S/c1-28-17(26)10-25-13-8-14-15(30-6-5-29-14)9-16(13)31-19(25)24-18(27)11-3-2-4-12(7-11)20(21,22)23/h2-4,7-9H,5-6,10H2,1H3. The summed E-state index contributed by atoms with van der Waals surface area (Å²) in [4.78, 5) is 28.7. The number of halogens is 3. The van der Waals surface area contributed by atoms with Crippen molar-refractivity contribution < 1.29 is 37.0 Å². The Labute approximate surface area is 177 Å². The molecule has 11 heteroatoms. The first-order valence-electron chi connectivity index (χ1n) is 9.02. The van der Waals surface area contributed by atoms with E-state index in [1.54, 1.807) is 12.1 Å². The van der Waals surface area contributed by atoms with Gasteiger partial charge in [0.15, 0.2) is 16.3 Å². The summed E-state index contributed by atoms with van der Waals surface area (Å²) in [5, 5.41) is 0. The summed E-state index contributed by atoms with van der Waals surface area (Å²) in [6.07, 6.45) is -4.59. The second kappa shape index (κ2) is 8.06. The highest BCUT2D eigenvalue weighted by molar-refractivity contribution is 7.16. The molecule has 3 aromatic rings. The Hall–Kier alpha value is -3.34. The third-order valence-corrected chi connectivity index (χ3v) is 5.54. The maximum Gasteiger partial charge on any atom is 0.416 e. The number of esters is 1. The van der Waals surface area contributed by atoms with Gasteiger partial charge in [-0.1, -0.05) is 17.4 Å². The fourth-order valence-corrected chi connectivity index (χ4v) is 4.06. The lowest BCUT2D eigenvalue weighted by Crippen LogP contribution is -2.22. The van der Waals surface area contributed by atoms with Crippen molar-refractivity contribution in [3.63, 3.8) is 0 Å². The van der Waals surface area contributed by atoms with Crippen LogP contribution in [0.5, 0.6) is 11.5 Å². The fraction of sp³-hybridized carbons (Fsp3) is 0.250. The van der Waals surface area contributed by atoms with Crippen molar-refractivity contribution in [3.8, 4) is 11.5 Å². The largest absolute Gasteiger partial charge is 0.486 e. The van der Waals surface area contributed by atoms with Gasteiger partial charge in [-0.25, -0.2) is 0 Å². The lowest BCUT2D eigenvalue weighted by Gasteiger charge is -2.18. The molecule has 31 heavy (non-hydrogen) atoms. The smallest absolute Gasteiger partial charge is 0.416 e. The van der Waals surface area contributed by atoms with E-state index >= 15 is 0 Å². The average molecular weight is 452 g/mol. The summed E-state index contributed by atoms with van der Waals surface area (Å²) < 4.78 is 56.9. The third-order valence-electron chi connectivity index (χ3n) is 4.50. The van der Waals surface area contributed by atoms with Crippen LogP contribution in [-0.2, 0) is 22.3 Å². The van der Waals surface area contributed by atoms with Crippen molar-refractivity contribution >= 4 is 33.4 Å². The van der Waals surface area contributed by atoms with Gasteiger partial charge in [-0.05, 0) is 18.2 Å². The Bertz CT molecular complexity index is 1250. The van der Waals surface area contributed by atoms with Crippen molar-refractivity contribution in [1.29, 1.82) is 0 Å². The number of alkyl halides is 3. The lowest BCUT2D eigenvalue weighted by molar-refractivity contribution is -0.141. The fourth-order valence-electron chi connectivity index (χ4n) is 3.02. The molecular formula is C20H15F3N2O5S. The lowest BCUT2D eigenvalue weighted by atomic mass is 10.1. The maximum absolute atomic E-state index is 13.0. The molecule has 0 spiro atoms. The zero-order valence-electron chi connectivity index (χ0n) is 16.1. The van der Waals surface area contributed by atoms with Gasteiger partial charge in [0, 0.05) is 17.7 Å². The average Bonchev–Trinajstić information content (AvgIpc) is 3.07. The third kappa shape index (κ3) is 4.26. The molecule has 0 atom stereocenters. The van der Waals surface area contributed by atoms with E-state index < -0.39 is 23.6 Å². The normalized spacial score (nSPS) is 14.0. The Morgan fingerprint density at radius 3 is 2.55 bits per heavy atom. The first-order valence-corrected chi connectivity index (χ1v) is 9.84. The summed E-state index contributed by atoms with van der Waals surface area (Å²) in [6.45, 7) is 0.507. The van der Waals surface area contributed by atoms with Crippen molar-refractivity contribution in [2.24, 2.45) is 4.99 Å². The first-order chi connectivity index (χ1) is 14.8. The van der Waals surface area contributed by atoms with Crippen LogP contribution in [0.3, 0.4) is 0 Å². The van der Waals surface area contributed by atoms with Crippen LogP contribution in [0.15, 0.2) is 41.4 Å². The van der Waals surface area contributed by atoms with Crippen LogP contribution in [0.25, 0.3) is 10.2 Å². The number of hydrogen-bond acceptors (Lipinski definition) is 6. The number of carbonyl (C=O) groups is 2. The van der Waals surface area contributed by atoms with Gasteiger partial charge in [-0.15, -0.1) is 0 Å². The molecule has 1 aliphatic heterocycles. The minimum absolute atomic E-state index is 0.130. The molecule has 2 aromatic carbocycles. The number of thiazole rings is 1. The number of aromatic nitrogens is 1. The minimum atomic E-state index is -4.59. The SMILES string of the molecule is COC(=O)Cn1c(=NC(=O)c2cccc(C(F)(F)F)c2)sc2cc3c(cc21)OCCO3. The van der Waals surface area contributed by atoms with Crippen LogP contribution in [0.2, 0.25) is 0 Å². The summed E-state index contributed by atoms with van der Waals surface area (Å²) in [6, 6.07) is 7.37. The molecule has 162 valence electrons. The molecule has 0 aliphatic carbocycles. The van der Waals surface area contributed by atoms with Gasteiger partial charge in [0.25, 0.3) is 5.91 Å². The Morgan fingerprint density at radius 1 is 1.16 bits per heavy atom. The number of rotatable bonds is 3. The summed E-state index contributed by atoms with van der Waals surface area (Å²) >= 11 is 1.09. The highest BCUT2D eigenvalue weighted by atomic mass is 32.1. The van der Waals surface area contributed by atoms with Gasteiger partial charge >= 0.3 is 12.1 Å². The van der Waals surface area contributed by atoms with E-state index in [9.17, 15) is 22.8 Å². The van der Waals surface area contributed by atoms with Gasteiger partial charge in [-0.3, -0.25) is 9.59 Å². The molecule has 2 heterocycles. The molecule has 0 saturated carbocycles. The van der Waals surface area contributed by atoms with Crippen molar-refractivity contribution in [1.82, 2.24) is 4.57 Å². The van der Waals surface area contributed by atoms with E-state index in [0.29, 0.717) is 34.9 Å². The van der Waals surface area contributed by atoms with Crippen LogP contribution in [0, 0.1) is 0 Å². The molecule has 7 nitrogen and oxygen atoms in total. The number of hydrogen-bond donors (Lipinski definition) is 0. The van der Waals surface area contributed by atoms with E-state index in [0.717, 1.165) is 29.5 Å². The van der Waals surface area contributed by atoms with E-state index in [1.165, 1.54) is 17.7 Å². The topological polar surface area (TPSA) is 79.1 Å². The second-order valence-electron chi connectivity index (χ2n) is 6.51. The van der Waals surface area contributed by atoms with E-state index in [4.69, 9.17) is 14.2 Å².